The highest BCUT2D eigenvalue weighted by atomic mass is 16.5. The molecule has 7 aromatic carbocycles. The lowest BCUT2D eigenvalue weighted by molar-refractivity contribution is -0.0280. The summed E-state index contributed by atoms with van der Waals surface area (Å²) in [5.41, 5.74) is -18.8. The summed E-state index contributed by atoms with van der Waals surface area (Å²) in [6.45, 7) is -30.3. The van der Waals surface area contributed by atoms with Crippen LogP contribution in [-0.4, -0.2) is 303 Å². The Kier molecular flexibility index (Phi) is 22.3. The van der Waals surface area contributed by atoms with Gasteiger partial charge < -0.3 is 103 Å². The van der Waals surface area contributed by atoms with Crippen LogP contribution in [0.15, 0.2) is 169 Å². The molecule has 0 heterocycles. The fourth-order valence-corrected chi connectivity index (χ4v) is 17.4. The number of ether oxygens (including phenoxy) is 7. The first-order valence-electron chi connectivity index (χ1n) is 80.7. The van der Waals surface area contributed by atoms with Crippen LogP contribution in [0.4, 0.5) is 0 Å². The van der Waals surface area contributed by atoms with Crippen LogP contribution in [0.1, 0.15) is 398 Å². The summed E-state index contributed by atoms with van der Waals surface area (Å²) in [4.78, 5) is 5.08. The van der Waals surface area contributed by atoms with Crippen molar-refractivity contribution in [3.05, 3.63) is 208 Å². The van der Waals surface area contributed by atoms with Crippen molar-refractivity contribution in [2.75, 3.05) is 194 Å². The number of likely N-dealkylation sites (N-methyl/N-ethyl adjacent to an activating group) is 7. The van der Waals surface area contributed by atoms with E-state index in [-0.39, 0.29) is 140 Å². The third-order valence-electron chi connectivity index (χ3n) is 24.5. The highest BCUT2D eigenvalue weighted by Gasteiger charge is 2.46. The van der Waals surface area contributed by atoms with Crippen molar-refractivity contribution in [1.82, 2.24) is 34.3 Å². The average Bonchev–Trinajstić information content (AvgIpc) is 0.649. The van der Waals surface area contributed by atoms with Gasteiger partial charge in [0.2, 0.25) is 0 Å². The van der Waals surface area contributed by atoms with Gasteiger partial charge in [-0.1, -0.05) is 219 Å². The van der Waals surface area contributed by atoms with Gasteiger partial charge in [0.15, 0.2) is 0 Å². The molecule has 0 aromatic heterocycles. The highest BCUT2D eigenvalue weighted by molar-refractivity contribution is 5.38. The maximum atomic E-state index is 11.8. The number of nitrogens with zero attached hydrogens (tertiary/aromatic N) is 7. The van der Waals surface area contributed by atoms with Crippen LogP contribution in [-0.2, 0) is 0 Å². The number of hydrogen-bond acceptors (Lipinski definition) is 21. The van der Waals surface area contributed by atoms with Gasteiger partial charge in [0.25, 0.3) is 0 Å². The topological polar surface area (TPSA) is 229 Å². The van der Waals surface area contributed by atoms with E-state index < -0.39 is 383 Å². The monoisotopic (exact) mass is 2010 g/mol. The number of rotatable bonds is 35. The van der Waals surface area contributed by atoms with Crippen molar-refractivity contribution in [1.29, 1.82) is 0 Å². The lowest BCUT2D eigenvalue weighted by Crippen LogP contribution is -2.42. The van der Waals surface area contributed by atoms with Crippen LogP contribution in [0.5, 0.6) is 40.2 Å². The number of aliphatic hydroxyl groups is 7. The van der Waals surface area contributed by atoms with E-state index in [0.29, 0.717) is 88.4 Å². The van der Waals surface area contributed by atoms with Gasteiger partial charge in [0.05, 0.1) is 127 Å². The second-order valence-electron chi connectivity index (χ2n) is 36.0. The second-order valence-corrected chi connectivity index (χ2v) is 36.0. The van der Waals surface area contributed by atoms with Gasteiger partial charge in [-0.05, 0) is 312 Å². The Morgan fingerprint density at radius 2 is 0.436 bits per heavy atom. The molecule has 7 aromatic rings. The summed E-state index contributed by atoms with van der Waals surface area (Å²) in [7, 11) is 19.7. The Bertz CT molecular complexity index is 7930. The summed E-state index contributed by atoms with van der Waals surface area (Å²) in [5.74, 6) is -19.1. The average molecular weight is 2010 g/mol. The third-order valence-corrected chi connectivity index (χ3v) is 24.5. The highest BCUT2D eigenvalue weighted by Crippen LogP contribution is 2.49. The molecule has 784 valence electrons. The van der Waals surface area contributed by atoms with E-state index in [9.17, 15) is 42.6 Å². The summed E-state index contributed by atoms with van der Waals surface area (Å²) in [6.07, 6.45) is -6.67. The summed E-state index contributed by atoms with van der Waals surface area (Å²) in [6, 6.07) is -17.0. The first kappa shape index (κ1) is 53.3. The van der Waals surface area contributed by atoms with Crippen LogP contribution in [0.2, 0.25) is 0 Å². The van der Waals surface area contributed by atoms with Crippen molar-refractivity contribution in [2.24, 2.45) is 0 Å². The Balaban J connectivity index is 0.000000289. The summed E-state index contributed by atoms with van der Waals surface area (Å²) >= 11 is 0. The van der Waals surface area contributed by atoms with Crippen LogP contribution in [0.3, 0.4) is 0 Å². The molecule has 7 N–H and O–H groups in total. The van der Waals surface area contributed by atoms with Crippen LogP contribution < -0.4 is 33.2 Å². The molecule has 7 atom stereocenters. The first-order valence-corrected chi connectivity index (χ1v) is 46.7. The molecule has 7 aliphatic carbocycles. The minimum absolute atomic E-state index is 0.0257. The van der Waals surface area contributed by atoms with Crippen LogP contribution in [0, 0.1) is 0 Å². The van der Waals surface area contributed by atoms with Crippen molar-refractivity contribution >= 4 is 0 Å². The van der Waals surface area contributed by atoms with Gasteiger partial charge in [-0.15, -0.1) is 0 Å². The van der Waals surface area contributed by atoms with Crippen molar-refractivity contribution < 1.29 is 162 Å². The van der Waals surface area contributed by atoms with Gasteiger partial charge in [0.1, 0.15) is 40.2 Å². The third kappa shape index (κ3) is 36.7. The van der Waals surface area contributed by atoms with Crippen molar-refractivity contribution in [2.45, 2.75) is 305 Å². The van der Waals surface area contributed by atoms with E-state index in [2.05, 4.69) is 0 Å². The molecule has 7 fully saturated rings. The van der Waals surface area contributed by atoms with Gasteiger partial charge in [-0.2, -0.15) is 0 Å². The normalized spacial score (nSPS) is 30.9. The van der Waals surface area contributed by atoms with Crippen LogP contribution >= 0.6 is 0 Å². The fourth-order valence-electron chi connectivity index (χ4n) is 17.4. The Labute approximate surface area is 942 Å². The minimum atomic E-state index is -3.82. The fraction of sp³-hybridized carbons (Fsp3) is 0.647. The van der Waals surface area contributed by atoms with Gasteiger partial charge in [-0.25, -0.2) is 0 Å². The van der Waals surface area contributed by atoms with Crippen LogP contribution in [0.25, 0.3) is 0 Å². The van der Waals surface area contributed by atoms with Crippen molar-refractivity contribution in [3.63, 3.8) is 0 Å². The minimum Gasteiger partial charge on any atom is -0.497 e. The predicted molar refractivity (Wildman–Crippen MR) is 576 cm³/mol. The molecule has 0 saturated heterocycles. The molecule has 0 spiro atoms. The van der Waals surface area contributed by atoms with E-state index in [4.69, 9.17) is 120 Å². The number of hydrogen-bond donors (Lipinski definition) is 7. The van der Waals surface area contributed by atoms with Crippen molar-refractivity contribution in [3.8, 4) is 40.2 Å². The smallest absolute Gasteiger partial charge is 0.118 e. The zero-order valence-corrected chi connectivity index (χ0v) is 83.2. The first-order chi connectivity index (χ1) is 94.1. The molecule has 0 radical (unpaired) electrons. The molecule has 7 saturated carbocycles. The molecule has 7 aliphatic rings. The SMILES string of the molecule is [2H]c1c([2H])c(C(CN(C)C)C2(O)C([2H])([2H])C([2H])([2H])C([2H])([2H])C([2H])([2H])C2([2H])[2H])c([2H])c([2H])c1OC.[2H]c1c([2H])c(C([2H])(C2(O)CCCCC2)C([2H])([2H])N(C([2H])([2H])[2H])C([2H])([2H])[2H])c([2H])c([2H])c1OC.[2H]c1c([2H])c(C([2H])(C2(O)CCCCC2)C([2H])([2H])N(C)C([2H])([2H])[2H])c([2H])c([2H])c1OC.[2H]c1c([2H])c(C([2H])(C2(O)CCCCC2)C([2H])([2H])N(C)C)c([2H])c([2H])c1OC.[2H]c1c([2H])c(C([2H])(CN(C([2H])([2H])[2H])C([2H])([2H])[2H])C2(O)CCCCC2)c([2H])c([2H])c1OC.[2H]c1c([2H])c(C([2H])(CN(C)C([2H])([2H])[2H])C2(O)CCCCC2)c([2H])c([2H])c1OC.[2H]c1c([2H])c(C([2H])(CN(C)C)C2(O)CCCCC2)c([2H])c([2H])c1OC. The number of benzene rings is 7. The number of methoxy groups -OCH3 is 7. The van der Waals surface area contributed by atoms with E-state index in [1.807, 2.05) is 0 Å². The molecule has 0 amide bonds. The maximum absolute atomic E-state index is 11.8. The molecule has 14 rings (SSSR count). The summed E-state index contributed by atoms with van der Waals surface area (Å²) < 4.78 is 593. The molecular weight excluding hydrogens is 1750 g/mol. The van der Waals surface area contributed by atoms with E-state index >= 15 is 0 Å². The van der Waals surface area contributed by atoms with Gasteiger partial charge >= 0.3 is 0 Å². The zero-order chi connectivity index (χ0) is 161. The lowest BCUT2D eigenvalue weighted by atomic mass is 9.72. The van der Waals surface area contributed by atoms with Gasteiger partial charge in [-0.3, -0.25) is 0 Å². The molecule has 21 heteroatoms. The maximum Gasteiger partial charge on any atom is 0.118 e. The lowest BCUT2D eigenvalue weighted by Gasteiger charge is -2.40. The zero-order valence-electron chi connectivity index (χ0n) is 151. The van der Waals surface area contributed by atoms with E-state index in [0.717, 1.165) is 90.2 Å². The summed E-state index contributed by atoms with van der Waals surface area (Å²) in [5, 5.41) is 80.5. The second kappa shape index (κ2) is 58.7. The molecule has 7 unspecified atom stereocenters. The molecule has 21 nitrogen and oxygen atoms in total. The quantitative estimate of drug-likeness (QED) is 0.0196. The Morgan fingerprint density at radius 3 is 0.650 bits per heavy atom. The largest absolute Gasteiger partial charge is 0.497 e. The molecule has 140 heavy (non-hydrogen) atoms. The van der Waals surface area contributed by atoms with E-state index in [1.165, 1.54) is 61.5 Å². The Hall–Kier alpha value is -7.42. The van der Waals surface area contributed by atoms with Gasteiger partial charge in [0, 0.05) is 142 Å². The Morgan fingerprint density at radius 1 is 0.243 bits per heavy atom. The van der Waals surface area contributed by atoms with E-state index in [1.54, 1.807) is 19.0 Å². The molecule has 0 aliphatic heterocycles. The standard InChI is InChI=1S/7C17H27NO2/c7*1-18(2)13-16(17(19)11-5-4-6-12-17)14-7-9-15(20-3)10-8-14/h7*7-10,16,19H,4-6,11-13H2,1-3H3/i4D2,5D2,6D2,7D,8D,9D,10D,11D2,12D2;1D3,2D3,7D,8D,9D,10D,13D2,16D;1D3,7D,8D,9D,10D,13D2,16D;1D3,2D3,7D,8D,9D,10D,16D;7D,8D,9D,10D,13D2,16D;1D3,7D,8D,9D,10D,16D;7D,8D,9D,10D,16D. The predicted octanol–water partition coefficient (Wildman–Crippen LogP) is 21.2. The molecular formula is C119H189N7O14. The molecule has 0 bridgehead atoms.